The molecule has 174 valence electrons. The molecule has 0 radical (unpaired) electrons. The van der Waals surface area contributed by atoms with E-state index >= 15 is 0 Å². The molecule has 0 saturated carbocycles. The molecule has 34 heavy (non-hydrogen) atoms. The highest BCUT2D eigenvalue weighted by molar-refractivity contribution is 8.00. The SMILES string of the molecule is COc1ccc(CN2C(=O)c3cccnc3C2=O)cc1S(=O)(=O)N1CC(C)Sc2ccccc21. The Morgan fingerprint density at radius 1 is 1.09 bits per heavy atom. The molecule has 1 atom stereocenters. The summed E-state index contributed by atoms with van der Waals surface area (Å²) in [6, 6.07) is 15.2. The molecule has 2 amide bonds. The lowest BCUT2D eigenvalue weighted by molar-refractivity contribution is 0.0640. The number of anilines is 1. The van der Waals surface area contributed by atoms with Crippen molar-refractivity contribution in [3.05, 3.63) is 77.6 Å². The van der Waals surface area contributed by atoms with Crippen molar-refractivity contribution in [3.63, 3.8) is 0 Å². The van der Waals surface area contributed by atoms with Gasteiger partial charge in [-0.25, -0.2) is 8.42 Å². The molecule has 5 rings (SSSR count). The third kappa shape index (κ3) is 3.63. The number of nitrogens with zero attached hydrogens (tertiary/aromatic N) is 3. The van der Waals surface area contributed by atoms with Gasteiger partial charge in [0.25, 0.3) is 21.8 Å². The van der Waals surface area contributed by atoms with E-state index in [1.807, 2.05) is 25.1 Å². The average Bonchev–Trinajstić information content (AvgIpc) is 3.08. The third-order valence-corrected chi connectivity index (χ3v) is 8.70. The molecule has 8 nitrogen and oxygen atoms in total. The fraction of sp³-hybridized carbons (Fsp3) is 0.208. The van der Waals surface area contributed by atoms with E-state index in [0.717, 1.165) is 9.80 Å². The van der Waals surface area contributed by atoms with E-state index < -0.39 is 21.8 Å². The van der Waals surface area contributed by atoms with Crippen LogP contribution in [0.3, 0.4) is 0 Å². The summed E-state index contributed by atoms with van der Waals surface area (Å²) in [7, 11) is -2.58. The molecule has 0 saturated heterocycles. The van der Waals surface area contributed by atoms with Crippen molar-refractivity contribution < 1.29 is 22.7 Å². The van der Waals surface area contributed by atoms with Gasteiger partial charge in [0, 0.05) is 22.9 Å². The minimum Gasteiger partial charge on any atom is -0.495 e. The number of carbonyl (C=O) groups excluding carboxylic acids is 2. The van der Waals surface area contributed by atoms with Gasteiger partial charge < -0.3 is 4.74 Å². The molecule has 3 heterocycles. The molecule has 1 unspecified atom stereocenters. The first kappa shape index (κ1) is 22.4. The highest BCUT2D eigenvalue weighted by Crippen LogP contribution is 2.42. The zero-order chi connectivity index (χ0) is 24.0. The van der Waals surface area contributed by atoms with Crippen molar-refractivity contribution in [2.45, 2.75) is 28.5 Å². The molecule has 2 aliphatic heterocycles. The van der Waals surface area contributed by atoms with Gasteiger partial charge in [-0.3, -0.25) is 23.8 Å². The minimum absolute atomic E-state index is 0.0175. The van der Waals surface area contributed by atoms with Crippen molar-refractivity contribution in [1.29, 1.82) is 0 Å². The number of para-hydroxylation sites is 1. The highest BCUT2D eigenvalue weighted by Gasteiger charge is 2.38. The zero-order valence-electron chi connectivity index (χ0n) is 18.5. The largest absolute Gasteiger partial charge is 0.495 e. The topological polar surface area (TPSA) is 96.9 Å². The normalized spacial score (nSPS) is 17.5. The summed E-state index contributed by atoms with van der Waals surface area (Å²) >= 11 is 1.63. The van der Waals surface area contributed by atoms with Crippen molar-refractivity contribution in [1.82, 2.24) is 9.88 Å². The maximum Gasteiger partial charge on any atom is 0.280 e. The van der Waals surface area contributed by atoms with Gasteiger partial charge in [0.15, 0.2) is 0 Å². The van der Waals surface area contributed by atoms with Crippen molar-refractivity contribution in [2.24, 2.45) is 0 Å². The first-order chi connectivity index (χ1) is 16.3. The molecule has 2 aliphatic rings. The average molecular weight is 496 g/mol. The van der Waals surface area contributed by atoms with E-state index in [4.69, 9.17) is 4.74 Å². The number of aromatic nitrogens is 1. The number of carbonyl (C=O) groups is 2. The predicted molar refractivity (Wildman–Crippen MR) is 128 cm³/mol. The van der Waals surface area contributed by atoms with E-state index in [-0.39, 0.29) is 33.7 Å². The Kier molecular flexibility index (Phi) is 5.57. The molecule has 1 aromatic heterocycles. The molecule has 10 heteroatoms. The Morgan fingerprint density at radius 3 is 2.65 bits per heavy atom. The number of hydrogen-bond acceptors (Lipinski definition) is 7. The maximum absolute atomic E-state index is 13.9. The number of rotatable bonds is 5. The number of pyridine rings is 1. The summed E-state index contributed by atoms with van der Waals surface area (Å²) in [4.78, 5) is 31.4. The van der Waals surface area contributed by atoms with Crippen molar-refractivity contribution in [2.75, 3.05) is 18.0 Å². The molecular weight excluding hydrogens is 474 g/mol. The number of ether oxygens (including phenoxy) is 1. The molecule has 0 fully saturated rings. The highest BCUT2D eigenvalue weighted by atomic mass is 32.2. The molecule has 0 aliphatic carbocycles. The fourth-order valence-corrected chi connectivity index (χ4v) is 7.20. The van der Waals surface area contributed by atoms with Crippen LogP contribution in [-0.2, 0) is 16.6 Å². The number of thioether (sulfide) groups is 1. The van der Waals surface area contributed by atoms with Gasteiger partial charge in [-0.1, -0.05) is 25.1 Å². The van der Waals surface area contributed by atoms with E-state index in [9.17, 15) is 18.0 Å². The molecule has 0 N–H and O–H groups in total. The summed E-state index contributed by atoms with van der Waals surface area (Å²) in [5.74, 6) is -0.767. The monoisotopic (exact) mass is 495 g/mol. The van der Waals surface area contributed by atoms with Crippen LogP contribution in [0.25, 0.3) is 0 Å². The predicted octanol–water partition coefficient (Wildman–Crippen LogP) is 3.58. The van der Waals surface area contributed by atoms with Crippen LogP contribution in [0.4, 0.5) is 5.69 Å². The summed E-state index contributed by atoms with van der Waals surface area (Å²) in [6.45, 7) is 2.21. The molecule has 0 spiro atoms. The van der Waals surface area contributed by atoms with Gasteiger partial charge >= 0.3 is 0 Å². The van der Waals surface area contributed by atoms with E-state index in [1.165, 1.54) is 23.7 Å². The summed E-state index contributed by atoms with van der Waals surface area (Å²) in [6.07, 6.45) is 1.46. The lowest BCUT2D eigenvalue weighted by atomic mass is 10.2. The fourth-order valence-electron chi connectivity index (χ4n) is 4.16. The van der Waals surface area contributed by atoms with Gasteiger partial charge in [0.2, 0.25) is 0 Å². The quantitative estimate of drug-likeness (QED) is 0.499. The van der Waals surface area contributed by atoms with Gasteiger partial charge in [0.1, 0.15) is 16.3 Å². The van der Waals surface area contributed by atoms with E-state index in [2.05, 4.69) is 4.98 Å². The van der Waals surface area contributed by atoms with Crippen LogP contribution in [0, 0.1) is 0 Å². The number of sulfonamides is 1. The van der Waals surface area contributed by atoms with Crippen molar-refractivity contribution >= 4 is 39.3 Å². The lowest BCUT2D eigenvalue weighted by Crippen LogP contribution is -2.38. The zero-order valence-corrected chi connectivity index (χ0v) is 20.1. The molecule has 0 bridgehead atoms. The van der Waals surface area contributed by atoms with Crippen LogP contribution in [0.2, 0.25) is 0 Å². The first-order valence-electron chi connectivity index (χ1n) is 10.6. The minimum atomic E-state index is -3.99. The lowest BCUT2D eigenvalue weighted by Gasteiger charge is -2.33. The number of hydrogen-bond donors (Lipinski definition) is 0. The second kappa shape index (κ2) is 8.44. The van der Waals surface area contributed by atoms with Gasteiger partial charge in [-0.15, -0.1) is 11.8 Å². The molecule has 3 aromatic rings. The molecule has 2 aromatic carbocycles. The van der Waals surface area contributed by atoms with Gasteiger partial charge in [-0.2, -0.15) is 0 Å². The summed E-state index contributed by atoms with van der Waals surface area (Å²) < 4.78 is 34.5. The molecular formula is C24H21N3O5S2. The number of fused-ring (bicyclic) bond motifs is 2. The van der Waals surface area contributed by atoms with Crippen LogP contribution in [-0.4, -0.2) is 49.0 Å². The van der Waals surface area contributed by atoms with Gasteiger partial charge in [-0.05, 0) is 42.0 Å². The third-order valence-electron chi connectivity index (χ3n) is 5.75. The van der Waals surface area contributed by atoms with Crippen LogP contribution >= 0.6 is 11.8 Å². The maximum atomic E-state index is 13.9. The Hall–Kier alpha value is -3.37. The first-order valence-corrected chi connectivity index (χ1v) is 12.9. The Bertz CT molecular complexity index is 1390. The Morgan fingerprint density at radius 2 is 1.88 bits per heavy atom. The van der Waals surface area contributed by atoms with Gasteiger partial charge in [0.05, 0.1) is 24.9 Å². The Balaban J connectivity index is 1.53. The van der Waals surface area contributed by atoms with E-state index in [1.54, 1.807) is 42.1 Å². The van der Waals surface area contributed by atoms with Crippen molar-refractivity contribution in [3.8, 4) is 5.75 Å². The second-order valence-electron chi connectivity index (χ2n) is 8.01. The van der Waals surface area contributed by atoms with Crippen LogP contribution in [0.5, 0.6) is 5.75 Å². The summed E-state index contributed by atoms with van der Waals surface area (Å²) in [5, 5.41) is 0.0599. The van der Waals surface area contributed by atoms with Crippen LogP contribution in [0.1, 0.15) is 33.3 Å². The second-order valence-corrected chi connectivity index (χ2v) is 11.3. The summed E-state index contributed by atoms with van der Waals surface area (Å²) in [5.41, 5.74) is 1.45. The van der Waals surface area contributed by atoms with Crippen LogP contribution in [0.15, 0.2) is 70.6 Å². The number of amides is 2. The smallest absolute Gasteiger partial charge is 0.280 e. The van der Waals surface area contributed by atoms with E-state index in [0.29, 0.717) is 17.8 Å². The standard InChI is InChI=1S/C24H21N3O5S2/c1-15-13-27(18-7-3-4-8-20(18)33-15)34(30,31)21-12-16(9-10-19(21)32-2)14-26-23(28)17-6-5-11-25-22(17)24(26)29/h3-12,15H,13-14H2,1-2H3. The Labute approximate surface area is 201 Å². The number of imide groups is 1. The number of methoxy groups -OCH3 is 1. The number of benzene rings is 2. The van der Waals surface area contributed by atoms with Crippen LogP contribution < -0.4 is 9.04 Å².